The van der Waals surface area contributed by atoms with Crippen molar-refractivity contribution in [3.63, 3.8) is 0 Å². The van der Waals surface area contributed by atoms with Crippen molar-refractivity contribution in [3.05, 3.63) is 59.7 Å². The van der Waals surface area contributed by atoms with Crippen LogP contribution in [0.15, 0.2) is 48.5 Å². The van der Waals surface area contributed by atoms with Crippen LogP contribution in [0.5, 0.6) is 11.5 Å². The van der Waals surface area contributed by atoms with Crippen LogP contribution in [-0.2, 0) is 16.7 Å². The lowest BCUT2D eigenvalue weighted by Crippen LogP contribution is -2.46. The number of nitrogens with one attached hydrogen (secondary N) is 1. The summed E-state index contributed by atoms with van der Waals surface area (Å²) in [5, 5.41) is 3.09. The molecule has 0 aliphatic carbocycles. The number of amides is 2. The van der Waals surface area contributed by atoms with Gasteiger partial charge >= 0.3 is 6.03 Å². The van der Waals surface area contributed by atoms with Crippen molar-refractivity contribution >= 4 is 6.03 Å². The van der Waals surface area contributed by atoms with Crippen molar-refractivity contribution < 1.29 is 19.0 Å². The number of benzene rings is 2. The van der Waals surface area contributed by atoms with Crippen molar-refractivity contribution in [3.8, 4) is 11.5 Å². The SMILES string of the molecule is COC[C@@]12CN(C(=O)NCc3ccccc3)C[C@@H]1C(C)(C)COc1ccc(OC)cc12. The number of hydrogen-bond acceptors (Lipinski definition) is 4. The van der Waals surface area contributed by atoms with E-state index < -0.39 is 0 Å². The van der Waals surface area contributed by atoms with Gasteiger partial charge in [0.1, 0.15) is 11.5 Å². The fourth-order valence-corrected chi connectivity index (χ4v) is 5.22. The number of carbonyl (C=O) groups is 1. The van der Waals surface area contributed by atoms with Crippen LogP contribution in [0.3, 0.4) is 0 Å². The van der Waals surface area contributed by atoms with E-state index in [1.807, 2.05) is 53.4 Å². The summed E-state index contributed by atoms with van der Waals surface area (Å²) in [7, 11) is 3.39. The van der Waals surface area contributed by atoms with E-state index in [1.54, 1.807) is 14.2 Å². The van der Waals surface area contributed by atoms with Gasteiger partial charge in [-0.25, -0.2) is 4.79 Å². The lowest BCUT2D eigenvalue weighted by molar-refractivity contribution is 0.0533. The highest BCUT2D eigenvalue weighted by Crippen LogP contribution is 2.53. The molecule has 2 aliphatic rings. The van der Waals surface area contributed by atoms with Crippen molar-refractivity contribution in [2.75, 3.05) is 40.5 Å². The standard InChI is InChI=1S/C25H32N2O4/c1-24(2)16-31-21-11-10-19(30-4)12-20(21)25(17-29-3)15-27(14-22(24)25)23(28)26-13-18-8-6-5-7-9-18/h5-12,22H,13-17H2,1-4H3,(H,26,28)/t22-,25-/m1/s1. The molecule has 0 unspecified atom stereocenters. The summed E-state index contributed by atoms with van der Waals surface area (Å²) in [5.74, 6) is 1.80. The minimum Gasteiger partial charge on any atom is -0.497 e. The van der Waals surface area contributed by atoms with Crippen LogP contribution in [0.2, 0.25) is 0 Å². The molecule has 2 atom stereocenters. The second-order valence-electron chi connectivity index (χ2n) is 9.31. The number of ether oxygens (including phenoxy) is 3. The summed E-state index contributed by atoms with van der Waals surface area (Å²) < 4.78 is 17.5. The van der Waals surface area contributed by atoms with E-state index in [0.717, 1.165) is 22.6 Å². The van der Waals surface area contributed by atoms with Gasteiger partial charge in [-0.2, -0.15) is 0 Å². The van der Waals surface area contributed by atoms with Crippen molar-refractivity contribution in [1.82, 2.24) is 10.2 Å². The number of rotatable bonds is 5. The summed E-state index contributed by atoms with van der Waals surface area (Å²) in [5.41, 5.74) is 1.63. The van der Waals surface area contributed by atoms with Crippen LogP contribution in [-0.4, -0.2) is 51.5 Å². The van der Waals surface area contributed by atoms with Crippen LogP contribution in [0.1, 0.15) is 25.0 Å². The smallest absolute Gasteiger partial charge is 0.317 e. The molecule has 0 saturated carbocycles. The molecule has 1 fully saturated rings. The first-order valence-corrected chi connectivity index (χ1v) is 10.8. The first-order chi connectivity index (χ1) is 14.9. The lowest BCUT2D eigenvalue weighted by atomic mass is 9.63. The maximum absolute atomic E-state index is 13.2. The van der Waals surface area contributed by atoms with Gasteiger partial charge in [-0.1, -0.05) is 44.2 Å². The van der Waals surface area contributed by atoms with Gasteiger partial charge in [0.05, 0.1) is 20.3 Å². The molecule has 31 heavy (non-hydrogen) atoms. The zero-order chi connectivity index (χ0) is 22.1. The zero-order valence-electron chi connectivity index (χ0n) is 18.8. The highest BCUT2D eigenvalue weighted by atomic mass is 16.5. The summed E-state index contributed by atoms with van der Waals surface area (Å²) >= 11 is 0. The highest BCUT2D eigenvalue weighted by molar-refractivity contribution is 5.75. The Hall–Kier alpha value is -2.73. The molecule has 0 aromatic heterocycles. The number of nitrogens with zero attached hydrogens (tertiary/aromatic N) is 1. The fourth-order valence-electron chi connectivity index (χ4n) is 5.22. The van der Waals surface area contributed by atoms with E-state index in [-0.39, 0.29) is 22.8 Å². The van der Waals surface area contributed by atoms with Crippen LogP contribution in [0, 0.1) is 11.3 Å². The maximum Gasteiger partial charge on any atom is 0.317 e. The number of likely N-dealkylation sites (tertiary alicyclic amines) is 1. The molecule has 0 radical (unpaired) electrons. The minimum absolute atomic E-state index is 0.0476. The Kier molecular flexibility index (Phi) is 5.84. The molecule has 0 bridgehead atoms. The van der Waals surface area contributed by atoms with Crippen molar-refractivity contribution in [2.24, 2.45) is 11.3 Å². The number of urea groups is 1. The molecule has 2 heterocycles. The summed E-state index contributed by atoms with van der Waals surface area (Å²) in [6.07, 6.45) is 0. The average molecular weight is 425 g/mol. The van der Waals surface area contributed by atoms with Crippen LogP contribution in [0.4, 0.5) is 4.79 Å². The van der Waals surface area contributed by atoms with E-state index in [0.29, 0.717) is 32.8 Å². The van der Waals surface area contributed by atoms with Crippen molar-refractivity contribution in [1.29, 1.82) is 0 Å². The Morgan fingerprint density at radius 1 is 1.19 bits per heavy atom. The molecular weight excluding hydrogens is 392 g/mol. The molecule has 2 amide bonds. The third-order valence-corrected chi connectivity index (χ3v) is 6.78. The van der Waals surface area contributed by atoms with Crippen LogP contribution in [0.25, 0.3) is 0 Å². The van der Waals surface area contributed by atoms with Crippen LogP contribution < -0.4 is 14.8 Å². The van der Waals surface area contributed by atoms with E-state index >= 15 is 0 Å². The predicted molar refractivity (Wildman–Crippen MR) is 120 cm³/mol. The molecule has 2 aliphatic heterocycles. The first-order valence-electron chi connectivity index (χ1n) is 10.8. The summed E-state index contributed by atoms with van der Waals surface area (Å²) in [6.45, 7) is 7.26. The minimum atomic E-state index is -0.372. The maximum atomic E-state index is 13.2. The Balaban J connectivity index is 1.67. The number of carbonyl (C=O) groups excluding carboxylic acids is 1. The number of fused-ring (bicyclic) bond motifs is 3. The first kappa shape index (κ1) is 21.5. The highest BCUT2D eigenvalue weighted by Gasteiger charge is 2.57. The third-order valence-electron chi connectivity index (χ3n) is 6.78. The zero-order valence-corrected chi connectivity index (χ0v) is 18.8. The molecule has 4 rings (SSSR count). The Morgan fingerprint density at radius 3 is 2.68 bits per heavy atom. The van der Waals surface area contributed by atoms with E-state index in [1.165, 1.54) is 0 Å². The van der Waals surface area contributed by atoms with E-state index in [9.17, 15) is 4.79 Å². The quantitative estimate of drug-likeness (QED) is 0.792. The molecule has 1 saturated heterocycles. The lowest BCUT2D eigenvalue weighted by Gasteiger charge is -2.40. The largest absolute Gasteiger partial charge is 0.497 e. The molecule has 2 aromatic carbocycles. The number of methoxy groups -OCH3 is 2. The third kappa shape index (κ3) is 3.97. The fraction of sp³-hybridized carbons (Fsp3) is 0.480. The molecule has 2 aromatic rings. The van der Waals surface area contributed by atoms with Gasteiger partial charge in [-0.3, -0.25) is 0 Å². The molecule has 166 valence electrons. The monoisotopic (exact) mass is 424 g/mol. The van der Waals surface area contributed by atoms with Gasteiger partial charge in [0.2, 0.25) is 0 Å². The van der Waals surface area contributed by atoms with Gasteiger partial charge in [-0.05, 0) is 29.7 Å². The topological polar surface area (TPSA) is 60.0 Å². The number of hydrogen-bond donors (Lipinski definition) is 1. The molecule has 0 spiro atoms. The second kappa shape index (κ2) is 8.42. The predicted octanol–water partition coefficient (Wildman–Crippen LogP) is 3.84. The van der Waals surface area contributed by atoms with Gasteiger partial charge in [0.25, 0.3) is 0 Å². The normalized spacial score (nSPS) is 23.9. The van der Waals surface area contributed by atoms with Gasteiger partial charge in [0.15, 0.2) is 0 Å². The molecular formula is C25H32N2O4. The average Bonchev–Trinajstić information content (AvgIpc) is 3.15. The summed E-state index contributed by atoms with van der Waals surface area (Å²) in [6, 6.07) is 15.9. The van der Waals surface area contributed by atoms with Gasteiger partial charge in [-0.15, -0.1) is 0 Å². The van der Waals surface area contributed by atoms with Gasteiger partial charge < -0.3 is 24.4 Å². The molecule has 1 N–H and O–H groups in total. The van der Waals surface area contributed by atoms with Gasteiger partial charge in [0, 0.05) is 43.1 Å². The molecule has 6 heteroatoms. The second-order valence-corrected chi connectivity index (χ2v) is 9.31. The van der Waals surface area contributed by atoms with E-state index in [2.05, 4.69) is 19.2 Å². The van der Waals surface area contributed by atoms with Crippen molar-refractivity contribution in [2.45, 2.75) is 25.8 Å². The van der Waals surface area contributed by atoms with E-state index in [4.69, 9.17) is 14.2 Å². The summed E-state index contributed by atoms with van der Waals surface area (Å²) in [4.78, 5) is 15.1. The van der Waals surface area contributed by atoms with Crippen LogP contribution >= 0.6 is 0 Å². The Morgan fingerprint density at radius 2 is 1.97 bits per heavy atom. The Bertz CT molecular complexity index is 930. The Labute approximate surface area is 184 Å². The molecule has 6 nitrogen and oxygen atoms in total.